The van der Waals surface area contributed by atoms with Gasteiger partial charge in [0.2, 0.25) is 15.9 Å². The zero-order valence-electron chi connectivity index (χ0n) is 17.0. The van der Waals surface area contributed by atoms with E-state index in [2.05, 4.69) is 5.32 Å². The van der Waals surface area contributed by atoms with E-state index in [9.17, 15) is 13.2 Å². The van der Waals surface area contributed by atoms with Crippen molar-refractivity contribution in [3.05, 3.63) is 48.0 Å². The molecule has 1 N–H and O–H groups in total. The SMILES string of the molecule is COc1ccc(N(CC(=O)NCCOc2ccccc2C)S(C)(=O)=O)cc1OC. The smallest absolute Gasteiger partial charge is 0.240 e. The molecule has 0 aromatic heterocycles. The molecule has 0 saturated heterocycles. The quantitative estimate of drug-likeness (QED) is 0.589. The van der Waals surface area contributed by atoms with Crippen LogP contribution in [0.25, 0.3) is 0 Å². The third-order valence-electron chi connectivity index (χ3n) is 4.12. The Bertz CT molecular complexity index is 946. The van der Waals surface area contributed by atoms with Crippen LogP contribution >= 0.6 is 0 Å². The monoisotopic (exact) mass is 422 g/mol. The predicted molar refractivity (Wildman–Crippen MR) is 111 cm³/mol. The van der Waals surface area contributed by atoms with E-state index < -0.39 is 15.9 Å². The topological polar surface area (TPSA) is 94.2 Å². The van der Waals surface area contributed by atoms with E-state index in [1.165, 1.54) is 20.3 Å². The van der Waals surface area contributed by atoms with Gasteiger partial charge >= 0.3 is 0 Å². The third kappa shape index (κ3) is 6.28. The summed E-state index contributed by atoms with van der Waals surface area (Å²) >= 11 is 0. The van der Waals surface area contributed by atoms with Gasteiger partial charge in [-0.3, -0.25) is 9.10 Å². The minimum absolute atomic E-state index is 0.247. The molecule has 9 heteroatoms. The number of rotatable bonds is 10. The van der Waals surface area contributed by atoms with Gasteiger partial charge in [0.25, 0.3) is 0 Å². The molecule has 2 rings (SSSR count). The van der Waals surface area contributed by atoms with Gasteiger partial charge in [-0.25, -0.2) is 8.42 Å². The van der Waals surface area contributed by atoms with Gasteiger partial charge < -0.3 is 19.5 Å². The van der Waals surface area contributed by atoms with Crippen LogP contribution in [0.15, 0.2) is 42.5 Å². The molecule has 8 nitrogen and oxygen atoms in total. The number of carbonyl (C=O) groups excluding carboxylic acids is 1. The summed E-state index contributed by atoms with van der Waals surface area (Å²) in [5.74, 6) is 1.12. The second-order valence-corrected chi connectivity index (χ2v) is 8.18. The van der Waals surface area contributed by atoms with Crippen LogP contribution in [0.3, 0.4) is 0 Å². The van der Waals surface area contributed by atoms with Gasteiger partial charge in [0.05, 0.1) is 32.7 Å². The number of ether oxygens (including phenoxy) is 3. The summed E-state index contributed by atoms with van der Waals surface area (Å²) in [7, 11) is -0.756. The molecule has 1 amide bonds. The van der Waals surface area contributed by atoms with Crippen molar-refractivity contribution >= 4 is 21.6 Å². The lowest BCUT2D eigenvalue weighted by Gasteiger charge is -2.23. The van der Waals surface area contributed by atoms with Crippen molar-refractivity contribution in [2.75, 3.05) is 44.5 Å². The Kier molecular flexibility index (Phi) is 7.72. The van der Waals surface area contributed by atoms with Crippen LogP contribution in [0.2, 0.25) is 0 Å². The normalized spacial score (nSPS) is 10.9. The Morgan fingerprint density at radius 1 is 1.03 bits per heavy atom. The molecule has 0 aliphatic heterocycles. The van der Waals surface area contributed by atoms with Crippen LogP contribution in [-0.4, -0.2) is 54.5 Å². The molecular weight excluding hydrogens is 396 g/mol. The average molecular weight is 423 g/mol. The number of anilines is 1. The first-order chi connectivity index (χ1) is 13.8. The number of nitrogens with zero attached hydrogens (tertiary/aromatic N) is 1. The van der Waals surface area contributed by atoms with Crippen LogP contribution < -0.4 is 23.8 Å². The van der Waals surface area contributed by atoms with Gasteiger partial charge in [-0.1, -0.05) is 18.2 Å². The molecule has 0 radical (unpaired) electrons. The molecule has 0 aliphatic carbocycles. The Balaban J connectivity index is 2.00. The molecule has 2 aromatic carbocycles. The maximum atomic E-state index is 12.3. The zero-order chi connectivity index (χ0) is 21.4. The summed E-state index contributed by atoms with van der Waals surface area (Å²) in [5.41, 5.74) is 1.30. The largest absolute Gasteiger partial charge is 0.493 e. The van der Waals surface area contributed by atoms with E-state index in [4.69, 9.17) is 14.2 Å². The Hall–Kier alpha value is -2.94. The Morgan fingerprint density at radius 2 is 1.72 bits per heavy atom. The van der Waals surface area contributed by atoms with E-state index in [0.29, 0.717) is 17.2 Å². The van der Waals surface area contributed by atoms with Crippen LogP contribution in [0.4, 0.5) is 5.69 Å². The fourth-order valence-electron chi connectivity index (χ4n) is 2.64. The average Bonchev–Trinajstić information content (AvgIpc) is 2.69. The predicted octanol–water partition coefficient (Wildman–Crippen LogP) is 1.97. The van der Waals surface area contributed by atoms with Gasteiger partial charge in [-0.05, 0) is 30.7 Å². The molecule has 0 atom stereocenters. The van der Waals surface area contributed by atoms with Crippen LogP contribution in [-0.2, 0) is 14.8 Å². The number of amides is 1. The van der Waals surface area contributed by atoms with Gasteiger partial charge in [-0.15, -0.1) is 0 Å². The van der Waals surface area contributed by atoms with E-state index in [-0.39, 0.29) is 19.7 Å². The number of methoxy groups -OCH3 is 2. The summed E-state index contributed by atoms with van der Waals surface area (Å²) in [4.78, 5) is 12.3. The van der Waals surface area contributed by atoms with Crippen molar-refractivity contribution < 1.29 is 27.4 Å². The Morgan fingerprint density at radius 3 is 2.34 bits per heavy atom. The standard InChI is InChI=1S/C20H26N2O6S/c1-15-7-5-6-8-17(15)28-12-11-21-20(23)14-22(29(4,24)25)16-9-10-18(26-2)19(13-16)27-3/h5-10,13H,11-12,14H2,1-4H3,(H,21,23). The summed E-state index contributed by atoms with van der Waals surface area (Å²) in [6.45, 7) is 2.09. The minimum atomic E-state index is -3.69. The lowest BCUT2D eigenvalue weighted by Crippen LogP contribution is -2.41. The summed E-state index contributed by atoms with van der Waals surface area (Å²) < 4.78 is 41.4. The fraction of sp³-hybridized carbons (Fsp3) is 0.350. The van der Waals surface area contributed by atoms with Crippen LogP contribution in [0.5, 0.6) is 17.2 Å². The number of benzene rings is 2. The van der Waals surface area contributed by atoms with Gasteiger partial charge in [0.1, 0.15) is 18.9 Å². The maximum Gasteiger partial charge on any atom is 0.240 e. The highest BCUT2D eigenvalue weighted by Gasteiger charge is 2.22. The van der Waals surface area contributed by atoms with Crippen LogP contribution in [0.1, 0.15) is 5.56 Å². The number of carbonyl (C=O) groups is 1. The number of para-hydroxylation sites is 1. The lowest BCUT2D eigenvalue weighted by atomic mass is 10.2. The lowest BCUT2D eigenvalue weighted by molar-refractivity contribution is -0.119. The highest BCUT2D eigenvalue weighted by atomic mass is 32.2. The van der Waals surface area contributed by atoms with Gasteiger partial charge in [0, 0.05) is 6.07 Å². The van der Waals surface area contributed by atoms with Crippen molar-refractivity contribution in [1.29, 1.82) is 0 Å². The number of hydrogen-bond acceptors (Lipinski definition) is 6. The molecule has 29 heavy (non-hydrogen) atoms. The number of hydrogen-bond donors (Lipinski definition) is 1. The second kappa shape index (κ2) is 10.0. The van der Waals surface area contributed by atoms with E-state index >= 15 is 0 Å². The molecule has 158 valence electrons. The van der Waals surface area contributed by atoms with Crippen molar-refractivity contribution in [3.63, 3.8) is 0 Å². The van der Waals surface area contributed by atoms with Crippen molar-refractivity contribution in [2.45, 2.75) is 6.92 Å². The van der Waals surface area contributed by atoms with E-state index in [1.807, 2.05) is 31.2 Å². The van der Waals surface area contributed by atoms with Crippen molar-refractivity contribution in [2.24, 2.45) is 0 Å². The molecule has 0 unspecified atom stereocenters. The molecular formula is C20H26N2O6S. The second-order valence-electron chi connectivity index (χ2n) is 6.27. The minimum Gasteiger partial charge on any atom is -0.493 e. The molecule has 0 bridgehead atoms. The zero-order valence-corrected chi connectivity index (χ0v) is 17.8. The van der Waals surface area contributed by atoms with Gasteiger partial charge in [-0.2, -0.15) is 0 Å². The molecule has 0 heterocycles. The fourth-order valence-corrected chi connectivity index (χ4v) is 3.48. The first kappa shape index (κ1) is 22.4. The van der Waals surface area contributed by atoms with Crippen LogP contribution in [0, 0.1) is 6.92 Å². The first-order valence-corrected chi connectivity index (χ1v) is 10.8. The number of aryl methyl sites for hydroxylation is 1. The van der Waals surface area contributed by atoms with Gasteiger partial charge in [0.15, 0.2) is 11.5 Å². The summed E-state index contributed by atoms with van der Waals surface area (Å²) in [6, 6.07) is 12.2. The maximum absolute atomic E-state index is 12.3. The summed E-state index contributed by atoms with van der Waals surface area (Å²) in [5, 5.41) is 2.67. The van der Waals surface area contributed by atoms with Crippen molar-refractivity contribution in [1.82, 2.24) is 5.32 Å². The molecule has 0 fully saturated rings. The third-order valence-corrected chi connectivity index (χ3v) is 5.26. The number of sulfonamides is 1. The molecule has 0 saturated carbocycles. The Labute approximate surface area is 171 Å². The number of nitrogens with one attached hydrogen (secondary N) is 1. The highest BCUT2D eigenvalue weighted by Crippen LogP contribution is 2.32. The van der Waals surface area contributed by atoms with Crippen molar-refractivity contribution in [3.8, 4) is 17.2 Å². The first-order valence-electron chi connectivity index (χ1n) is 8.91. The highest BCUT2D eigenvalue weighted by molar-refractivity contribution is 7.92. The summed E-state index contributed by atoms with van der Waals surface area (Å²) in [6.07, 6.45) is 1.04. The van der Waals surface area contributed by atoms with E-state index in [0.717, 1.165) is 21.9 Å². The molecule has 2 aromatic rings. The molecule has 0 spiro atoms. The molecule has 0 aliphatic rings. The van der Waals surface area contributed by atoms with E-state index in [1.54, 1.807) is 12.1 Å².